The molecule has 2 aromatic rings. The van der Waals surface area contributed by atoms with E-state index in [1.165, 1.54) is 26.2 Å². The molecule has 0 saturated carbocycles. The third kappa shape index (κ3) is 6.07. The van der Waals surface area contributed by atoms with Crippen molar-refractivity contribution >= 4 is 17.4 Å². The number of ether oxygens (including phenoxy) is 1. The zero-order chi connectivity index (χ0) is 22.1. The van der Waals surface area contributed by atoms with Gasteiger partial charge in [-0.1, -0.05) is 46.7 Å². The molecule has 0 spiro atoms. The van der Waals surface area contributed by atoms with E-state index >= 15 is 0 Å². The number of esters is 1. The topological polar surface area (TPSA) is 69.5 Å². The molecule has 0 radical (unpaired) electrons. The van der Waals surface area contributed by atoms with Gasteiger partial charge in [-0.2, -0.15) is 13.2 Å². The lowest BCUT2D eigenvalue weighted by molar-refractivity contribution is -0.137. The molecule has 2 aromatic carbocycles. The summed E-state index contributed by atoms with van der Waals surface area (Å²) in [5.74, 6) is -0.657. The highest BCUT2D eigenvalue weighted by atomic mass is 19.4. The first kappa shape index (κ1) is 22.9. The van der Waals surface area contributed by atoms with Gasteiger partial charge in [0.2, 0.25) is 0 Å². The van der Waals surface area contributed by atoms with Crippen LogP contribution in [0.15, 0.2) is 58.8 Å². The van der Waals surface area contributed by atoms with E-state index in [0.717, 1.165) is 12.1 Å². The van der Waals surface area contributed by atoms with Crippen molar-refractivity contribution in [2.45, 2.75) is 26.6 Å². The predicted molar refractivity (Wildman–Crippen MR) is 105 cm³/mol. The molecule has 9 heteroatoms. The van der Waals surface area contributed by atoms with Gasteiger partial charge in [-0.15, -0.1) is 0 Å². The van der Waals surface area contributed by atoms with E-state index in [-0.39, 0.29) is 30.2 Å². The van der Waals surface area contributed by atoms with Crippen LogP contribution in [0.1, 0.15) is 36.1 Å². The molecular formula is C21H21F3N2O4. The first-order valence-electron chi connectivity index (χ1n) is 8.98. The van der Waals surface area contributed by atoms with Crippen molar-refractivity contribution in [3.05, 3.63) is 70.8 Å². The SMILES string of the molecule is CCOC(=O)/C(=N/OC)c1ccccc1CO/N=C(/C)c1cccc(C(F)(F)F)c1. The highest BCUT2D eigenvalue weighted by molar-refractivity contribution is 6.43. The quantitative estimate of drug-likeness (QED) is 0.355. The van der Waals surface area contributed by atoms with E-state index in [2.05, 4.69) is 10.3 Å². The molecule has 0 aliphatic heterocycles. The number of carbonyl (C=O) groups excluding carboxylic acids is 1. The minimum absolute atomic E-state index is 0.0304. The van der Waals surface area contributed by atoms with Gasteiger partial charge in [-0.3, -0.25) is 0 Å². The van der Waals surface area contributed by atoms with E-state index in [1.807, 2.05) is 0 Å². The Balaban J connectivity index is 2.21. The molecule has 0 N–H and O–H groups in total. The van der Waals surface area contributed by atoms with Crippen molar-refractivity contribution in [1.29, 1.82) is 0 Å². The molecule has 0 heterocycles. The summed E-state index contributed by atoms with van der Waals surface area (Å²) in [5.41, 5.74) is 0.763. The van der Waals surface area contributed by atoms with Gasteiger partial charge >= 0.3 is 12.1 Å². The van der Waals surface area contributed by atoms with E-state index in [1.54, 1.807) is 31.2 Å². The Hall–Kier alpha value is -3.36. The molecule has 0 aliphatic carbocycles. The van der Waals surface area contributed by atoms with Crippen LogP contribution in [-0.2, 0) is 32.0 Å². The first-order chi connectivity index (χ1) is 14.3. The van der Waals surface area contributed by atoms with Crippen LogP contribution in [0.3, 0.4) is 0 Å². The molecule has 0 fully saturated rings. The Labute approximate surface area is 171 Å². The zero-order valence-corrected chi connectivity index (χ0v) is 16.7. The number of hydrogen-bond acceptors (Lipinski definition) is 6. The molecular weight excluding hydrogens is 401 g/mol. The van der Waals surface area contributed by atoms with Gasteiger partial charge in [0.1, 0.15) is 13.7 Å². The highest BCUT2D eigenvalue weighted by Gasteiger charge is 2.30. The first-order valence-corrected chi connectivity index (χ1v) is 8.98. The highest BCUT2D eigenvalue weighted by Crippen LogP contribution is 2.29. The number of hydrogen-bond donors (Lipinski definition) is 0. The second kappa shape index (κ2) is 10.4. The minimum atomic E-state index is -4.44. The fourth-order valence-corrected chi connectivity index (χ4v) is 2.54. The van der Waals surface area contributed by atoms with Gasteiger partial charge in [0, 0.05) is 11.1 Å². The molecule has 2 rings (SSSR count). The fourth-order valence-electron chi connectivity index (χ4n) is 2.54. The summed E-state index contributed by atoms with van der Waals surface area (Å²) < 4.78 is 43.6. The number of rotatable bonds is 8. The summed E-state index contributed by atoms with van der Waals surface area (Å²) in [7, 11) is 1.31. The lowest BCUT2D eigenvalue weighted by Crippen LogP contribution is -2.20. The van der Waals surface area contributed by atoms with Crippen LogP contribution < -0.4 is 0 Å². The van der Waals surface area contributed by atoms with Crippen LogP contribution in [0.25, 0.3) is 0 Å². The number of alkyl halides is 3. The molecule has 0 aliphatic rings. The van der Waals surface area contributed by atoms with E-state index in [4.69, 9.17) is 14.4 Å². The maximum atomic E-state index is 12.9. The van der Waals surface area contributed by atoms with E-state index in [0.29, 0.717) is 11.1 Å². The van der Waals surface area contributed by atoms with Crippen LogP contribution >= 0.6 is 0 Å². The maximum absolute atomic E-state index is 12.9. The number of halogens is 3. The lowest BCUT2D eigenvalue weighted by atomic mass is 10.0. The Bertz CT molecular complexity index is 940. The van der Waals surface area contributed by atoms with Crippen LogP contribution in [0.2, 0.25) is 0 Å². The summed E-state index contributed by atoms with van der Waals surface area (Å²) in [4.78, 5) is 22.2. The molecule has 0 unspecified atom stereocenters. The Kier molecular flexibility index (Phi) is 7.97. The van der Waals surface area contributed by atoms with Crippen LogP contribution in [0.5, 0.6) is 0 Å². The summed E-state index contributed by atoms with van der Waals surface area (Å²) in [6, 6.07) is 11.6. The Morgan fingerprint density at radius 2 is 1.80 bits per heavy atom. The maximum Gasteiger partial charge on any atom is 0.416 e. The Morgan fingerprint density at radius 1 is 1.07 bits per heavy atom. The van der Waals surface area contributed by atoms with Crippen molar-refractivity contribution in [3.63, 3.8) is 0 Å². The molecule has 0 aromatic heterocycles. The monoisotopic (exact) mass is 422 g/mol. The molecule has 160 valence electrons. The summed E-state index contributed by atoms with van der Waals surface area (Å²) in [5, 5.41) is 7.64. The second-order valence-electron chi connectivity index (χ2n) is 6.03. The number of nitrogens with zero attached hydrogens (tertiary/aromatic N) is 2. The molecule has 0 atom stereocenters. The average Bonchev–Trinajstić information content (AvgIpc) is 2.72. The summed E-state index contributed by atoms with van der Waals surface area (Å²) in [6.07, 6.45) is -4.44. The van der Waals surface area contributed by atoms with Gasteiger partial charge in [-0.05, 0) is 31.5 Å². The van der Waals surface area contributed by atoms with Gasteiger partial charge < -0.3 is 14.4 Å². The number of benzene rings is 2. The van der Waals surface area contributed by atoms with Gasteiger partial charge in [0.25, 0.3) is 0 Å². The minimum Gasteiger partial charge on any atom is -0.461 e. The smallest absolute Gasteiger partial charge is 0.416 e. The van der Waals surface area contributed by atoms with Crippen molar-refractivity contribution in [2.75, 3.05) is 13.7 Å². The molecule has 0 bridgehead atoms. The molecule has 0 saturated heterocycles. The molecule has 0 amide bonds. The zero-order valence-electron chi connectivity index (χ0n) is 16.7. The Morgan fingerprint density at radius 3 is 2.47 bits per heavy atom. The average molecular weight is 422 g/mol. The largest absolute Gasteiger partial charge is 0.461 e. The molecule has 6 nitrogen and oxygen atoms in total. The number of carbonyl (C=O) groups is 1. The normalized spacial score (nSPS) is 12.5. The van der Waals surface area contributed by atoms with Crippen molar-refractivity contribution in [2.24, 2.45) is 10.3 Å². The third-order valence-electron chi connectivity index (χ3n) is 3.95. The van der Waals surface area contributed by atoms with Crippen LogP contribution in [-0.4, -0.2) is 31.1 Å². The third-order valence-corrected chi connectivity index (χ3v) is 3.95. The van der Waals surface area contributed by atoms with Gasteiger partial charge in [-0.25, -0.2) is 4.79 Å². The van der Waals surface area contributed by atoms with Crippen molar-refractivity contribution in [3.8, 4) is 0 Å². The standard InChI is InChI=1S/C21H21F3N2O4/c1-4-29-20(27)19(26-28-3)18-11-6-5-8-16(18)13-30-25-14(2)15-9-7-10-17(12-15)21(22,23)24/h5-12H,4,13H2,1-3H3/b25-14-,26-19+. The van der Waals surface area contributed by atoms with Gasteiger partial charge in [0.05, 0.1) is 17.9 Å². The number of oxime groups is 2. The van der Waals surface area contributed by atoms with Crippen molar-refractivity contribution < 1.29 is 32.4 Å². The predicted octanol–water partition coefficient (Wildman–Crippen LogP) is 4.56. The van der Waals surface area contributed by atoms with E-state index < -0.39 is 17.7 Å². The molecule has 30 heavy (non-hydrogen) atoms. The summed E-state index contributed by atoms with van der Waals surface area (Å²) >= 11 is 0. The second-order valence-corrected chi connectivity index (χ2v) is 6.03. The van der Waals surface area contributed by atoms with E-state index in [9.17, 15) is 18.0 Å². The van der Waals surface area contributed by atoms with Crippen LogP contribution in [0.4, 0.5) is 13.2 Å². The fraction of sp³-hybridized carbons (Fsp3) is 0.286. The summed E-state index contributed by atoms with van der Waals surface area (Å²) in [6.45, 7) is 3.33. The van der Waals surface area contributed by atoms with Crippen molar-refractivity contribution in [1.82, 2.24) is 0 Å². The van der Waals surface area contributed by atoms with Crippen LogP contribution in [0, 0.1) is 0 Å². The van der Waals surface area contributed by atoms with Gasteiger partial charge in [0.15, 0.2) is 5.71 Å². The lowest BCUT2D eigenvalue weighted by Gasteiger charge is -2.11.